The lowest BCUT2D eigenvalue weighted by Crippen LogP contribution is -2.48. The van der Waals surface area contributed by atoms with Crippen molar-refractivity contribution in [2.45, 2.75) is 91.0 Å². The van der Waals surface area contributed by atoms with Crippen LogP contribution in [0.25, 0.3) is 0 Å². The molecule has 0 unspecified atom stereocenters. The summed E-state index contributed by atoms with van der Waals surface area (Å²) in [7, 11) is -0.202. The molecule has 0 aliphatic carbocycles. The molecule has 0 aromatic carbocycles. The smallest absolute Gasteiger partial charge is 0.200 e. The average molecular weight is 375 g/mol. The summed E-state index contributed by atoms with van der Waals surface area (Å²) in [6.45, 7) is 19.1. The first-order chi connectivity index (χ1) is 11.6. The quantitative estimate of drug-likeness (QED) is 0.231. The summed E-state index contributed by atoms with van der Waals surface area (Å²) in [6.07, 6.45) is 2.66. The predicted octanol–water partition coefficient (Wildman–Crippen LogP) is 5.42. The van der Waals surface area contributed by atoms with Crippen LogP contribution in [0.2, 0.25) is 16.6 Å². The van der Waals surface area contributed by atoms with Gasteiger partial charge in [-0.3, -0.25) is 0 Å². The van der Waals surface area contributed by atoms with Crippen LogP contribution in [0, 0.1) is 11.8 Å². The van der Waals surface area contributed by atoms with Crippen LogP contribution >= 0.6 is 0 Å². The molecule has 0 heterocycles. The number of carbonyl (C=O) groups is 1. The first-order valence-electron chi connectivity index (χ1n) is 9.81. The molecule has 0 aromatic heterocycles. The highest BCUT2D eigenvalue weighted by Crippen LogP contribution is 2.42. The summed E-state index contributed by atoms with van der Waals surface area (Å²) in [6, 6.07) is 0. The standard InChI is InChI=1S/C20H42O4Si/c1-15(2)25(16(3)4,17(5)6)24-13-19(8)11-20(23-14-22-9)10-18(7)12-21/h12,15-20H,10-11,13-14H2,1-9H3/t18-,19-,20+/m1/s1. The van der Waals surface area contributed by atoms with E-state index in [1.807, 2.05) is 6.92 Å². The first-order valence-corrected chi connectivity index (χ1v) is 11.9. The summed E-state index contributed by atoms with van der Waals surface area (Å²) in [5.74, 6) is 0.397. The maximum absolute atomic E-state index is 11.0. The number of ether oxygens (including phenoxy) is 2. The highest BCUT2D eigenvalue weighted by Gasteiger charge is 2.45. The Morgan fingerprint density at radius 2 is 1.40 bits per heavy atom. The predicted molar refractivity (Wildman–Crippen MR) is 107 cm³/mol. The van der Waals surface area contributed by atoms with E-state index in [0.29, 0.717) is 22.5 Å². The summed E-state index contributed by atoms with van der Waals surface area (Å²) >= 11 is 0. The van der Waals surface area contributed by atoms with Gasteiger partial charge in [0.25, 0.3) is 0 Å². The topological polar surface area (TPSA) is 44.8 Å². The van der Waals surface area contributed by atoms with E-state index in [1.54, 1.807) is 7.11 Å². The fourth-order valence-electron chi connectivity index (χ4n) is 4.17. The van der Waals surface area contributed by atoms with Crippen LogP contribution in [0.1, 0.15) is 68.2 Å². The fraction of sp³-hybridized carbons (Fsp3) is 0.950. The number of hydrogen-bond acceptors (Lipinski definition) is 4. The molecule has 25 heavy (non-hydrogen) atoms. The summed E-state index contributed by atoms with van der Waals surface area (Å²) in [5.41, 5.74) is 1.78. The fourth-order valence-corrected chi connectivity index (χ4v) is 9.74. The number of methoxy groups -OCH3 is 1. The first kappa shape index (κ1) is 24.8. The van der Waals surface area contributed by atoms with Crippen LogP contribution in [0.5, 0.6) is 0 Å². The number of aldehydes is 1. The van der Waals surface area contributed by atoms with Gasteiger partial charge in [0, 0.05) is 19.6 Å². The van der Waals surface area contributed by atoms with Crippen LogP contribution in [0.4, 0.5) is 0 Å². The number of hydrogen-bond donors (Lipinski definition) is 0. The number of rotatable bonds is 14. The van der Waals surface area contributed by atoms with Gasteiger partial charge in [0.15, 0.2) is 8.32 Å². The van der Waals surface area contributed by atoms with Crippen molar-refractivity contribution in [3.8, 4) is 0 Å². The summed E-state index contributed by atoms with van der Waals surface area (Å²) in [4.78, 5) is 11.0. The highest BCUT2D eigenvalue weighted by atomic mass is 28.4. The van der Waals surface area contributed by atoms with Gasteiger partial charge >= 0.3 is 0 Å². The molecule has 4 nitrogen and oxygen atoms in total. The molecule has 5 heteroatoms. The summed E-state index contributed by atoms with van der Waals surface area (Å²) < 4.78 is 17.5. The van der Waals surface area contributed by atoms with Gasteiger partial charge in [0.2, 0.25) is 0 Å². The SMILES string of the molecule is COCO[C@H](C[C@@H](C)CO[Si](C(C)C)(C(C)C)C(C)C)C[C@@H](C)C=O. The van der Waals surface area contributed by atoms with Crippen molar-refractivity contribution in [2.24, 2.45) is 11.8 Å². The second-order valence-corrected chi connectivity index (χ2v) is 14.0. The van der Waals surface area contributed by atoms with Crippen LogP contribution in [-0.2, 0) is 18.7 Å². The van der Waals surface area contributed by atoms with E-state index in [1.165, 1.54) is 0 Å². The largest absolute Gasteiger partial charge is 0.416 e. The lowest BCUT2D eigenvalue weighted by atomic mass is 9.97. The lowest BCUT2D eigenvalue weighted by Gasteiger charge is -2.43. The molecule has 3 atom stereocenters. The van der Waals surface area contributed by atoms with Gasteiger partial charge in [-0.2, -0.15) is 0 Å². The van der Waals surface area contributed by atoms with Gasteiger partial charge in [0.05, 0.1) is 6.10 Å². The Bertz CT molecular complexity index is 336. The zero-order chi connectivity index (χ0) is 19.6. The molecule has 0 fully saturated rings. The van der Waals surface area contributed by atoms with E-state index in [2.05, 4.69) is 48.5 Å². The minimum atomic E-state index is -1.83. The second-order valence-electron chi connectivity index (χ2n) is 8.51. The zero-order valence-electron chi connectivity index (χ0n) is 18.0. The van der Waals surface area contributed by atoms with Gasteiger partial charge < -0.3 is 18.7 Å². The van der Waals surface area contributed by atoms with Crippen molar-refractivity contribution >= 4 is 14.6 Å². The van der Waals surface area contributed by atoms with Crippen LogP contribution in [-0.4, -0.2) is 41.2 Å². The molecule has 0 amide bonds. The van der Waals surface area contributed by atoms with Gasteiger partial charge in [0.1, 0.15) is 13.1 Å². The van der Waals surface area contributed by atoms with Gasteiger partial charge in [-0.25, -0.2) is 0 Å². The Kier molecular flexibility index (Phi) is 12.1. The van der Waals surface area contributed by atoms with E-state index < -0.39 is 8.32 Å². The molecule has 0 spiro atoms. The Hall–Kier alpha value is -0.233. The molecule has 0 saturated heterocycles. The van der Waals surface area contributed by atoms with E-state index in [4.69, 9.17) is 13.9 Å². The zero-order valence-corrected chi connectivity index (χ0v) is 19.0. The third kappa shape index (κ3) is 7.89. The Morgan fingerprint density at radius 1 is 0.880 bits per heavy atom. The molecule has 0 aliphatic heterocycles. The molecule has 0 rings (SSSR count). The van der Waals surface area contributed by atoms with Gasteiger partial charge in [-0.15, -0.1) is 0 Å². The maximum Gasteiger partial charge on any atom is 0.200 e. The van der Waals surface area contributed by atoms with E-state index in [0.717, 1.165) is 25.7 Å². The molecule has 0 bridgehead atoms. The third-order valence-electron chi connectivity index (χ3n) is 5.28. The van der Waals surface area contributed by atoms with E-state index in [-0.39, 0.29) is 18.8 Å². The normalized spacial score (nSPS) is 16.5. The van der Waals surface area contributed by atoms with Gasteiger partial charge in [-0.1, -0.05) is 55.4 Å². The Labute approximate surface area is 157 Å². The molecule has 0 N–H and O–H groups in total. The van der Waals surface area contributed by atoms with Gasteiger partial charge in [-0.05, 0) is 35.4 Å². The van der Waals surface area contributed by atoms with Crippen molar-refractivity contribution in [1.82, 2.24) is 0 Å². The maximum atomic E-state index is 11.0. The molecule has 0 saturated carbocycles. The molecule has 0 aromatic rings. The second kappa shape index (κ2) is 12.2. The molecule has 0 radical (unpaired) electrons. The van der Waals surface area contributed by atoms with Crippen LogP contribution in [0.15, 0.2) is 0 Å². The molecule has 0 aliphatic rings. The van der Waals surface area contributed by atoms with E-state index >= 15 is 0 Å². The van der Waals surface area contributed by atoms with Crippen LogP contribution in [0.3, 0.4) is 0 Å². The molecule has 150 valence electrons. The van der Waals surface area contributed by atoms with Crippen molar-refractivity contribution in [2.75, 3.05) is 20.5 Å². The Morgan fingerprint density at radius 3 is 1.80 bits per heavy atom. The van der Waals surface area contributed by atoms with Crippen molar-refractivity contribution < 1.29 is 18.7 Å². The average Bonchev–Trinajstić information content (AvgIpc) is 2.51. The molecular formula is C20H42O4Si. The third-order valence-corrected chi connectivity index (χ3v) is 11.4. The molecular weight excluding hydrogens is 332 g/mol. The Balaban J connectivity index is 4.85. The van der Waals surface area contributed by atoms with Crippen LogP contribution < -0.4 is 0 Å². The van der Waals surface area contributed by atoms with Crippen molar-refractivity contribution in [3.05, 3.63) is 0 Å². The monoisotopic (exact) mass is 374 g/mol. The lowest BCUT2D eigenvalue weighted by molar-refractivity contribution is -0.114. The number of carbonyl (C=O) groups excluding carboxylic acids is 1. The van der Waals surface area contributed by atoms with Crippen molar-refractivity contribution in [1.29, 1.82) is 0 Å². The minimum absolute atomic E-state index is 0.00503. The van der Waals surface area contributed by atoms with Crippen molar-refractivity contribution in [3.63, 3.8) is 0 Å². The summed E-state index contributed by atoms with van der Waals surface area (Å²) in [5, 5.41) is 0. The van der Waals surface area contributed by atoms with E-state index in [9.17, 15) is 4.79 Å². The minimum Gasteiger partial charge on any atom is -0.416 e. The highest BCUT2D eigenvalue weighted by molar-refractivity contribution is 6.77.